The van der Waals surface area contributed by atoms with Gasteiger partial charge in [0.25, 0.3) is 0 Å². The predicted molar refractivity (Wildman–Crippen MR) is 152 cm³/mol. The van der Waals surface area contributed by atoms with Crippen molar-refractivity contribution in [2.24, 2.45) is 17.8 Å². The van der Waals surface area contributed by atoms with E-state index in [4.69, 9.17) is 18.9 Å². The van der Waals surface area contributed by atoms with Crippen LogP contribution in [0.2, 0.25) is 0 Å². The van der Waals surface area contributed by atoms with Gasteiger partial charge in [-0.3, -0.25) is 0 Å². The molecule has 0 aromatic rings. The van der Waals surface area contributed by atoms with Gasteiger partial charge in [0.15, 0.2) is 18.3 Å². The molecule has 2 aliphatic heterocycles. The van der Waals surface area contributed by atoms with Crippen LogP contribution in [-0.4, -0.2) is 59.3 Å². The van der Waals surface area contributed by atoms with E-state index in [1.54, 1.807) is 0 Å². The molecule has 8 nitrogen and oxygen atoms in total. The fraction of sp³-hybridized carbons (Fsp3) is 0.781. The lowest BCUT2D eigenvalue weighted by Gasteiger charge is -2.30. The second kappa shape index (κ2) is 17.0. The average Bonchev–Trinajstić information content (AvgIpc) is 3.29. The number of carbonyl (C=O) groups is 1. The molecule has 1 aliphatic carbocycles. The van der Waals surface area contributed by atoms with E-state index in [9.17, 15) is 20.1 Å². The number of hydrogen-bond acceptors (Lipinski definition) is 7. The maximum Gasteiger partial charge on any atom is 0.374 e. The van der Waals surface area contributed by atoms with Crippen molar-refractivity contribution in [1.29, 1.82) is 0 Å². The minimum absolute atomic E-state index is 0.0221. The number of carboxylic acids is 1. The summed E-state index contributed by atoms with van der Waals surface area (Å²) >= 11 is 0. The van der Waals surface area contributed by atoms with Crippen molar-refractivity contribution in [3.8, 4) is 11.8 Å². The molecule has 0 bridgehead atoms. The zero-order valence-corrected chi connectivity index (χ0v) is 24.4. The molecule has 0 spiro atoms. The SMILES string of the molecule is C=C1CC[C@H](CCCC(C)CC#CC)[C@H]1C[C@@H](O)C(O)CC(OC1CCCCO1)=C(OC1CCCCO1)C(=O)O. The Bertz CT molecular complexity index is 890. The molecule has 0 aromatic heterocycles. The molecular formula is C32H50O8. The first-order chi connectivity index (χ1) is 19.3. The fourth-order valence-electron chi connectivity index (χ4n) is 5.97. The highest BCUT2D eigenvalue weighted by atomic mass is 16.7. The van der Waals surface area contributed by atoms with Crippen LogP contribution in [0.15, 0.2) is 23.7 Å². The largest absolute Gasteiger partial charge is 0.475 e. The molecule has 0 radical (unpaired) electrons. The summed E-state index contributed by atoms with van der Waals surface area (Å²) in [4.78, 5) is 12.3. The van der Waals surface area contributed by atoms with Crippen molar-refractivity contribution in [2.75, 3.05) is 13.2 Å². The minimum Gasteiger partial charge on any atom is -0.475 e. The number of aliphatic carboxylic acids is 1. The van der Waals surface area contributed by atoms with E-state index in [-0.39, 0.29) is 18.1 Å². The van der Waals surface area contributed by atoms with E-state index in [1.807, 2.05) is 6.92 Å². The molecule has 4 unspecified atom stereocenters. The highest BCUT2D eigenvalue weighted by molar-refractivity contribution is 5.84. The Morgan fingerprint density at radius 1 is 1.05 bits per heavy atom. The summed E-state index contributed by atoms with van der Waals surface area (Å²) in [5.41, 5.74) is 1.12. The highest BCUT2D eigenvalue weighted by Crippen LogP contribution is 2.42. The minimum atomic E-state index is -1.30. The van der Waals surface area contributed by atoms with Gasteiger partial charge in [0, 0.05) is 25.7 Å². The third kappa shape index (κ3) is 10.4. The first kappa shape index (κ1) is 32.5. The number of hydrogen-bond donors (Lipinski definition) is 3. The van der Waals surface area contributed by atoms with Gasteiger partial charge in [-0.2, -0.15) is 0 Å². The molecule has 0 aromatic carbocycles. The molecule has 3 aliphatic rings. The number of ether oxygens (including phenoxy) is 4. The molecule has 3 N–H and O–H groups in total. The standard InChI is InChI=1S/C32H50O8/c1-4-5-11-22(2)12-10-13-24-17-16-23(3)25(24)20-26(33)27(34)21-28(39-29-14-6-8-18-37-29)31(32(35)36)40-30-15-7-9-19-38-30/h22,24-27,29-30,33-34H,3,6-21H2,1-2H3,(H,35,36)/t22?,24-,25-,26+,27?,29?,30?/m0/s1. The van der Waals surface area contributed by atoms with Crippen molar-refractivity contribution in [3.05, 3.63) is 23.7 Å². The Labute approximate surface area is 240 Å². The molecule has 1 saturated carbocycles. The quantitative estimate of drug-likeness (QED) is 0.101. The Balaban J connectivity index is 1.65. The second-order valence-corrected chi connectivity index (χ2v) is 11.7. The van der Waals surface area contributed by atoms with E-state index < -0.39 is 36.5 Å². The van der Waals surface area contributed by atoms with Crippen LogP contribution in [0.25, 0.3) is 0 Å². The lowest BCUT2D eigenvalue weighted by molar-refractivity contribution is -0.172. The Morgan fingerprint density at radius 3 is 2.33 bits per heavy atom. The van der Waals surface area contributed by atoms with Crippen molar-refractivity contribution < 1.29 is 39.1 Å². The van der Waals surface area contributed by atoms with Gasteiger partial charge in [-0.25, -0.2) is 4.79 Å². The molecule has 0 amide bonds. The number of rotatable bonds is 15. The number of allylic oxidation sites excluding steroid dienone is 1. The third-order valence-corrected chi connectivity index (χ3v) is 8.41. The topological polar surface area (TPSA) is 115 Å². The van der Waals surface area contributed by atoms with Crippen molar-refractivity contribution in [2.45, 2.75) is 129 Å². The average molecular weight is 563 g/mol. The molecule has 40 heavy (non-hydrogen) atoms. The normalized spacial score (nSPS) is 28.1. The van der Waals surface area contributed by atoms with Crippen LogP contribution in [-0.2, 0) is 23.7 Å². The van der Waals surface area contributed by atoms with Gasteiger partial charge in [0.2, 0.25) is 5.76 Å². The number of aliphatic hydroxyl groups is 2. The van der Waals surface area contributed by atoms with Crippen LogP contribution < -0.4 is 0 Å². The van der Waals surface area contributed by atoms with Crippen molar-refractivity contribution in [1.82, 2.24) is 0 Å². The van der Waals surface area contributed by atoms with E-state index in [2.05, 4.69) is 25.3 Å². The first-order valence-electron chi connectivity index (χ1n) is 15.2. The number of carboxylic acid groups (broad SMARTS) is 1. The Kier molecular flexibility index (Phi) is 13.8. The van der Waals surface area contributed by atoms with Crippen LogP contribution in [0.4, 0.5) is 0 Å². The summed E-state index contributed by atoms with van der Waals surface area (Å²) < 4.78 is 23.0. The van der Waals surface area contributed by atoms with E-state index in [0.29, 0.717) is 44.3 Å². The summed E-state index contributed by atoms with van der Waals surface area (Å²) in [6.45, 7) is 9.39. The summed E-state index contributed by atoms with van der Waals surface area (Å²) in [7, 11) is 0. The fourth-order valence-corrected chi connectivity index (χ4v) is 5.97. The Morgan fingerprint density at radius 2 is 1.73 bits per heavy atom. The van der Waals surface area contributed by atoms with Crippen LogP contribution in [0.3, 0.4) is 0 Å². The summed E-state index contributed by atoms with van der Waals surface area (Å²) in [6.07, 6.45) is 7.52. The Hall–Kier alpha value is -2.05. The van der Waals surface area contributed by atoms with Crippen molar-refractivity contribution in [3.63, 3.8) is 0 Å². The lowest BCUT2D eigenvalue weighted by atomic mass is 9.83. The van der Waals surface area contributed by atoms with Gasteiger partial charge in [-0.05, 0) is 82.5 Å². The molecule has 7 atom stereocenters. The highest BCUT2D eigenvalue weighted by Gasteiger charge is 2.35. The summed E-state index contributed by atoms with van der Waals surface area (Å²) in [5, 5.41) is 32.2. The van der Waals surface area contributed by atoms with Gasteiger partial charge in [0.1, 0.15) is 0 Å². The van der Waals surface area contributed by atoms with Gasteiger partial charge >= 0.3 is 5.97 Å². The zero-order valence-electron chi connectivity index (χ0n) is 24.4. The van der Waals surface area contributed by atoms with Crippen LogP contribution in [0.1, 0.15) is 104 Å². The predicted octanol–water partition coefficient (Wildman–Crippen LogP) is 5.67. The maximum atomic E-state index is 12.3. The van der Waals surface area contributed by atoms with E-state index >= 15 is 0 Å². The molecule has 3 rings (SSSR count). The summed E-state index contributed by atoms with van der Waals surface area (Å²) in [6, 6.07) is 0. The number of aliphatic hydroxyl groups excluding tert-OH is 2. The van der Waals surface area contributed by atoms with Gasteiger partial charge in [-0.15, -0.1) is 11.8 Å². The monoisotopic (exact) mass is 562 g/mol. The van der Waals surface area contributed by atoms with E-state index in [0.717, 1.165) is 69.8 Å². The van der Waals surface area contributed by atoms with Crippen LogP contribution in [0.5, 0.6) is 0 Å². The molecule has 8 heteroatoms. The van der Waals surface area contributed by atoms with Gasteiger partial charge < -0.3 is 34.3 Å². The first-order valence-corrected chi connectivity index (χ1v) is 15.2. The van der Waals surface area contributed by atoms with Crippen molar-refractivity contribution >= 4 is 5.97 Å². The molecule has 3 fully saturated rings. The van der Waals surface area contributed by atoms with Crippen LogP contribution in [0, 0.1) is 29.6 Å². The van der Waals surface area contributed by atoms with Gasteiger partial charge in [-0.1, -0.05) is 25.5 Å². The smallest absolute Gasteiger partial charge is 0.374 e. The molecular weight excluding hydrogens is 512 g/mol. The molecule has 226 valence electrons. The lowest BCUT2D eigenvalue weighted by Crippen LogP contribution is -2.33. The zero-order chi connectivity index (χ0) is 28.9. The van der Waals surface area contributed by atoms with Gasteiger partial charge in [0.05, 0.1) is 25.4 Å². The third-order valence-electron chi connectivity index (χ3n) is 8.41. The molecule has 2 heterocycles. The van der Waals surface area contributed by atoms with Crippen LogP contribution >= 0.6 is 0 Å². The maximum absolute atomic E-state index is 12.3. The molecule has 2 saturated heterocycles. The van der Waals surface area contributed by atoms with E-state index in [1.165, 1.54) is 0 Å². The summed E-state index contributed by atoms with van der Waals surface area (Å²) in [5.74, 6) is 5.51. The second-order valence-electron chi connectivity index (χ2n) is 11.7.